The van der Waals surface area contributed by atoms with Gasteiger partial charge in [0.25, 0.3) is 0 Å². The van der Waals surface area contributed by atoms with Crippen LogP contribution in [0.3, 0.4) is 0 Å². The lowest BCUT2D eigenvalue weighted by molar-refractivity contribution is 0.107. The number of fused-ring (bicyclic) bond motifs is 4. The summed E-state index contributed by atoms with van der Waals surface area (Å²) in [5, 5.41) is 17.8. The average Bonchev–Trinajstić information content (AvgIpc) is 3.83. The van der Waals surface area contributed by atoms with Gasteiger partial charge in [-0.25, -0.2) is 8.78 Å². The lowest BCUT2D eigenvalue weighted by atomic mass is 9.94. The third-order valence-corrected chi connectivity index (χ3v) is 10.7. The van der Waals surface area contributed by atoms with E-state index in [0.29, 0.717) is 71.6 Å². The molecule has 1 aromatic carbocycles. The zero-order valence-electron chi connectivity index (χ0n) is 25.2. The SMILES string of the molecule is Fc1c2ncc3c(nc(OC[C@@]45CCCN4C[C@H](F)C5)nc13)N1CCC[C@H](C1)Cn1cc(nn1)CCc1c(Cl)cc3[nH]ncc3c1-2. The number of H-pyrrole nitrogens is 1. The Morgan fingerprint density at radius 1 is 1.09 bits per heavy atom. The molecule has 5 aromatic rings. The number of rotatable bonds is 3. The van der Waals surface area contributed by atoms with Crippen LogP contribution in [0.15, 0.2) is 24.7 Å². The number of aryl methyl sites for hydroxylation is 1. The van der Waals surface area contributed by atoms with Crippen molar-refractivity contribution in [2.45, 2.75) is 63.2 Å². The molecule has 238 valence electrons. The second-order valence-corrected chi connectivity index (χ2v) is 13.7. The Kier molecular flexibility index (Phi) is 6.64. The number of alkyl halides is 1. The van der Waals surface area contributed by atoms with E-state index in [4.69, 9.17) is 26.3 Å². The maximum Gasteiger partial charge on any atom is 0.319 e. The minimum absolute atomic E-state index is 0.0889. The maximum absolute atomic E-state index is 17.0. The summed E-state index contributed by atoms with van der Waals surface area (Å²) in [6.07, 6.45) is 9.78. The van der Waals surface area contributed by atoms with Crippen LogP contribution in [0.1, 0.15) is 43.4 Å². The Morgan fingerprint density at radius 3 is 2.96 bits per heavy atom. The minimum Gasteiger partial charge on any atom is -0.461 e. The zero-order chi connectivity index (χ0) is 31.0. The first-order valence-corrected chi connectivity index (χ1v) is 16.5. The Hall–Kier alpha value is -3.97. The highest BCUT2D eigenvalue weighted by Crippen LogP contribution is 2.42. The zero-order valence-corrected chi connectivity index (χ0v) is 26.0. The summed E-state index contributed by atoms with van der Waals surface area (Å²) >= 11 is 6.87. The summed E-state index contributed by atoms with van der Waals surface area (Å²) < 4.78 is 39.8. The molecule has 5 aliphatic rings. The van der Waals surface area contributed by atoms with E-state index < -0.39 is 12.0 Å². The number of benzene rings is 1. The molecule has 3 saturated heterocycles. The van der Waals surface area contributed by atoms with E-state index in [1.807, 2.05) is 16.9 Å². The molecule has 1 N–H and O–H groups in total. The molecule has 46 heavy (non-hydrogen) atoms. The van der Waals surface area contributed by atoms with Crippen LogP contribution in [0, 0.1) is 11.7 Å². The van der Waals surface area contributed by atoms with Crippen molar-refractivity contribution in [3.05, 3.63) is 46.8 Å². The van der Waals surface area contributed by atoms with Crippen molar-refractivity contribution in [1.29, 1.82) is 0 Å². The van der Waals surface area contributed by atoms with Crippen LogP contribution in [-0.4, -0.2) is 89.5 Å². The van der Waals surface area contributed by atoms with Gasteiger partial charge in [-0.2, -0.15) is 15.1 Å². The number of aromatic amines is 1. The van der Waals surface area contributed by atoms with E-state index in [0.717, 1.165) is 50.0 Å². The number of piperidine rings is 1. The van der Waals surface area contributed by atoms with Crippen LogP contribution < -0.4 is 9.64 Å². The molecule has 0 saturated carbocycles. The topological polar surface area (TPSA) is 114 Å². The molecule has 11 nitrogen and oxygen atoms in total. The standard InChI is InChI=1S/C32H33ClF2N10O/c33-24-9-25-22(12-37-41-25)26-21(24)5-4-20-16-45(42-40-20)14-18-3-1-7-43(13-18)30-23-11-36-29(26)27(35)28(23)38-31(39-30)46-17-32-6-2-8-44(32)15-19(34)10-32/h9,11-12,16,18-19H,1-8,10,13-15,17H2,(H,37,41)/t18-,19-,32+/m1/s1. The number of ether oxygens (including phenoxy) is 1. The highest BCUT2D eigenvalue weighted by atomic mass is 35.5. The van der Waals surface area contributed by atoms with Gasteiger partial charge in [0.15, 0.2) is 5.82 Å². The molecule has 0 unspecified atom stereocenters. The molecule has 0 radical (unpaired) electrons. The first kappa shape index (κ1) is 28.3. The van der Waals surface area contributed by atoms with Gasteiger partial charge in [-0.05, 0) is 62.6 Å². The third-order valence-electron chi connectivity index (χ3n) is 10.4. The van der Waals surface area contributed by atoms with Crippen molar-refractivity contribution in [1.82, 2.24) is 45.0 Å². The molecule has 3 fully saturated rings. The highest BCUT2D eigenvalue weighted by molar-refractivity contribution is 6.33. The van der Waals surface area contributed by atoms with Crippen LogP contribution in [0.2, 0.25) is 5.02 Å². The van der Waals surface area contributed by atoms with Crippen molar-refractivity contribution < 1.29 is 13.5 Å². The third kappa shape index (κ3) is 4.61. The van der Waals surface area contributed by atoms with Gasteiger partial charge in [0, 0.05) is 61.0 Å². The molecule has 14 heteroatoms. The molecule has 0 spiro atoms. The van der Waals surface area contributed by atoms with Crippen molar-refractivity contribution >= 4 is 39.2 Å². The smallest absolute Gasteiger partial charge is 0.319 e. The summed E-state index contributed by atoms with van der Waals surface area (Å²) in [5.41, 5.74) is 2.72. The van der Waals surface area contributed by atoms with Crippen LogP contribution in [0.25, 0.3) is 33.1 Å². The van der Waals surface area contributed by atoms with Crippen LogP contribution in [0.4, 0.5) is 14.6 Å². The number of halogens is 3. The number of aromatic nitrogens is 8. The van der Waals surface area contributed by atoms with Crippen LogP contribution >= 0.6 is 11.6 Å². The molecule has 10 rings (SSSR count). The van der Waals surface area contributed by atoms with Crippen LogP contribution in [-0.2, 0) is 19.4 Å². The monoisotopic (exact) mass is 646 g/mol. The number of nitrogens with zero attached hydrogens (tertiary/aromatic N) is 9. The Bertz CT molecular complexity index is 1980. The molecule has 3 atom stereocenters. The fourth-order valence-corrected chi connectivity index (χ4v) is 8.53. The van der Waals surface area contributed by atoms with Gasteiger partial charge in [0.05, 0.1) is 28.3 Å². The van der Waals surface area contributed by atoms with Crippen molar-refractivity contribution in [3.63, 3.8) is 0 Å². The maximum atomic E-state index is 17.0. The summed E-state index contributed by atoms with van der Waals surface area (Å²) in [6.45, 7) is 3.70. The van der Waals surface area contributed by atoms with E-state index in [1.165, 1.54) is 0 Å². The molecule has 8 bridgehead atoms. The summed E-state index contributed by atoms with van der Waals surface area (Å²) in [5.74, 6) is 0.302. The minimum atomic E-state index is -0.882. The van der Waals surface area contributed by atoms with Gasteiger partial charge in [-0.3, -0.25) is 19.7 Å². The number of nitrogens with one attached hydrogen (secondary N) is 1. The van der Waals surface area contributed by atoms with Gasteiger partial charge >= 0.3 is 6.01 Å². The summed E-state index contributed by atoms with van der Waals surface area (Å²) in [4.78, 5) is 18.7. The van der Waals surface area contributed by atoms with Gasteiger partial charge in [-0.1, -0.05) is 16.8 Å². The second kappa shape index (κ2) is 10.8. The molecular formula is C32H33ClF2N10O. The van der Waals surface area contributed by atoms with E-state index >= 15 is 4.39 Å². The second-order valence-electron chi connectivity index (χ2n) is 13.3. The predicted molar refractivity (Wildman–Crippen MR) is 168 cm³/mol. The lowest BCUT2D eigenvalue weighted by Crippen LogP contribution is -2.43. The predicted octanol–water partition coefficient (Wildman–Crippen LogP) is 4.92. The lowest BCUT2D eigenvalue weighted by Gasteiger charge is -2.34. The number of pyridine rings is 1. The van der Waals surface area contributed by atoms with E-state index in [1.54, 1.807) is 12.4 Å². The first-order valence-electron chi connectivity index (χ1n) is 16.1. The van der Waals surface area contributed by atoms with Gasteiger partial charge < -0.3 is 9.64 Å². The quantitative estimate of drug-likeness (QED) is 0.292. The van der Waals surface area contributed by atoms with Crippen molar-refractivity contribution in [2.75, 3.05) is 37.7 Å². The number of hydrogen-bond donors (Lipinski definition) is 1. The van der Waals surface area contributed by atoms with Crippen molar-refractivity contribution in [3.8, 4) is 17.3 Å². The largest absolute Gasteiger partial charge is 0.461 e. The fraction of sp³-hybridized carbons (Fsp3) is 0.500. The number of anilines is 1. The summed E-state index contributed by atoms with van der Waals surface area (Å²) in [7, 11) is 0. The highest BCUT2D eigenvalue weighted by Gasteiger charge is 2.49. The van der Waals surface area contributed by atoms with Gasteiger partial charge in [-0.15, -0.1) is 5.10 Å². The Morgan fingerprint density at radius 2 is 2.02 bits per heavy atom. The molecule has 4 aromatic heterocycles. The van der Waals surface area contributed by atoms with Crippen molar-refractivity contribution in [2.24, 2.45) is 5.92 Å². The van der Waals surface area contributed by atoms with Crippen LogP contribution in [0.5, 0.6) is 6.01 Å². The summed E-state index contributed by atoms with van der Waals surface area (Å²) in [6, 6.07) is 1.90. The molecular weight excluding hydrogens is 614 g/mol. The van der Waals surface area contributed by atoms with Gasteiger partial charge in [0.2, 0.25) is 0 Å². The number of hydrogen-bond acceptors (Lipinski definition) is 9. The molecule has 9 heterocycles. The Balaban J connectivity index is 1.22. The average molecular weight is 647 g/mol. The normalized spacial score (nSPS) is 24.7. The molecule has 5 aliphatic heterocycles. The first-order chi connectivity index (χ1) is 22.4. The Labute approximate surface area is 268 Å². The molecule has 0 amide bonds. The fourth-order valence-electron chi connectivity index (χ4n) is 8.23. The van der Waals surface area contributed by atoms with E-state index in [2.05, 4.69) is 35.3 Å². The molecule has 0 aliphatic carbocycles. The van der Waals surface area contributed by atoms with E-state index in [-0.39, 0.29) is 35.3 Å². The van der Waals surface area contributed by atoms with E-state index in [9.17, 15) is 4.39 Å². The van der Waals surface area contributed by atoms with Gasteiger partial charge in [0.1, 0.15) is 29.8 Å².